The molecule has 3 atom stereocenters. The third kappa shape index (κ3) is 6.14. The molecule has 4 N–H and O–H groups in total. The summed E-state index contributed by atoms with van der Waals surface area (Å²) in [7, 11) is 1.74. The Morgan fingerprint density at radius 3 is 2.53 bits per heavy atom. The summed E-state index contributed by atoms with van der Waals surface area (Å²) in [6, 6.07) is 14.7. The highest BCUT2D eigenvalue weighted by Gasteiger charge is 2.51. The molecule has 11 nitrogen and oxygen atoms in total. The molecule has 0 radical (unpaired) electrons. The second kappa shape index (κ2) is 13.1. The normalized spacial score (nSPS) is 20.7. The third-order valence-electron chi connectivity index (χ3n) is 10.6. The van der Waals surface area contributed by atoms with E-state index in [-0.39, 0.29) is 35.7 Å². The van der Waals surface area contributed by atoms with Gasteiger partial charge < -0.3 is 25.7 Å². The van der Waals surface area contributed by atoms with Gasteiger partial charge in [0.25, 0.3) is 11.8 Å². The average Bonchev–Trinajstić information content (AvgIpc) is 3.44. The Labute approximate surface area is 290 Å². The molecule has 3 aliphatic rings. The predicted octanol–water partition coefficient (Wildman–Crippen LogP) is 5.35. The second-order valence-electron chi connectivity index (χ2n) is 13.8. The summed E-state index contributed by atoms with van der Waals surface area (Å²) in [4.78, 5) is 49.4. The summed E-state index contributed by atoms with van der Waals surface area (Å²) in [5.74, 6) is -0.368. The molecule has 2 unspecified atom stereocenters. The van der Waals surface area contributed by atoms with Gasteiger partial charge in [0.1, 0.15) is 17.2 Å². The number of fused-ring (bicyclic) bond motifs is 1. The van der Waals surface area contributed by atoms with Crippen LogP contribution in [0.1, 0.15) is 91.8 Å². The maximum absolute atomic E-state index is 14.1. The molecule has 49 heavy (non-hydrogen) atoms. The van der Waals surface area contributed by atoms with E-state index in [1.165, 1.54) is 0 Å². The van der Waals surface area contributed by atoms with Crippen LogP contribution in [0.5, 0.6) is 0 Å². The highest BCUT2D eigenvalue weighted by Crippen LogP contribution is 2.60. The molecular formula is C37H42ClN7O4. The van der Waals surface area contributed by atoms with Gasteiger partial charge in [-0.05, 0) is 91.8 Å². The largest absolute Gasteiger partial charge is 0.380 e. The van der Waals surface area contributed by atoms with Crippen LogP contribution < -0.4 is 16.0 Å². The summed E-state index contributed by atoms with van der Waals surface area (Å²) in [5, 5.41) is 14.0. The molecule has 7 rings (SSSR count). The lowest BCUT2D eigenvalue weighted by Crippen LogP contribution is -2.47. The van der Waals surface area contributed by atoms with Crippen LogP contribution >= 0.6 is 11.6 Å². The smallest absolute Gasteiger partial charge is 0.270 e. The topological polar surface area (TPSA) is 143 Å². The second-order valence-corrected chi connectivity index (χ2v) is 14.2. The number of hydrogen-bond acceptors (Lipinski definition) is 6. The first-order valence-corrected chi connectivity index (χ1v) is 17.4. The van der Waals surface area contributed by atoms with E-state index in [9.17, 15) is 14.4 Å². The van der Waals surface area contributed by atoms with E-state index in [1.54, 1.807) is 24.0 Å². The molecule has 256 valence electrons. The monoisotopic (exact) mass is 683 g/mol. The minimum absolute atomic E-state index is 0.112. The van der Waals surface area contributed by atoms with Gasteiger partial charge in [-0.25, -0.2) is 4.98 Å². The SMILES string of the molecule is CCNC(=O)C(NC(=O)C1(c2ccc3nc(C(NC(=O)c4ccnn4C)[C@H](c4ccccc4Cl)C4(C)CC4)[nH]c3c2)CCOC1)=C1CCC1. The standard InChI is InChI=1S/C37H42ClN7O4/c1-4-39-34(47)30(22-8-7-9-22)44-35(48)37(17-19-49-21-37)23-12-13-26-27(20-23)42-32(41-26)31(43-33(46)28-14-18-40-45(28)3)29(36(2)15-16-36)24-10-5-6-11-25(24)38/h5-6,10-14,18,20,29,31H,4,7-9,15-17,19,21H2,1-3H3,(H,39,47)(H,41,42)(H,43,46)(H,44,48)/t29-,31?,37?/m0/s1. The molecular weight excluding hydrogens is 642 g/mol. The number of imidazole rings is 1. The number of H-pyrrole nitrogens is 1. The highest BCUT2D eigenvalue weighted by molar-refractivity contribution is 6.31. The Bertz CT molecular complexity index is 1950. The molecule has 4 aromatic rings. The van der Waals surface area contributed by atoms with Gasteiger partial charge in [-0.2, -0.15) is 5.10 Å². The Morgan fingerprint density at radius 1 is 1.10 bits per heavy atom. The lowest BCUT2D eigenvalue weighted by Gasteiger charge is -2.32. The minimum atomic E-state index is -0.990. The Hall–Kier alpha value is -4.48. The van der Waals surface area contributed by atoms with Crippen molar-refractivity contribution < 1.29 is 19.1 Å². The number of carbonyl (C=O) groups excluding carboxylic acids is 3. The van der Waals surface area contributed by atoms with Gasteiger partial charge in [0, 0.05) is 37.3 Å². The molecule has 0 bridgehead atoms. The van der Waals surface area contributed by atoms with Gasteiger partial charge >= 0.3 is 0 Å². The van der Waals surface area contributed by atoms with Gasteiger partial charge in [0.2, 0.25) is 5.91 Å². The van der Waals surface area contributed by atoms with Crippen LogP contribution in [0.15, 0.2) is 66.0 Å². The molecule has 2 aromatic carbocycles. The number of halogens is 1. The van der Waals surface area contributed by atoms with Gasteiger partial charge in [0.15, 0.2) is 0 Å². The molecule has 3 heterocycles. The lowest BCUT2D eigenvalue weighted by molar-refractivity contribution is -0.128. The number of likely N-dealkylation sites (N-methyl/N-ethyl adjacent to an activating group) is 1. The first-order chi connectivity index (χ1) is 23.6. The number of nitrogens with zero attached hydrogens (tertiary/aromatic N) is 3. The van der Waals surface area contributed by atoms with Crippen molar-refractivity contribution in [3.63, 3.8) is 0 Å². The van der Waals surface area contributed by atoms with E-state index >= 15 is 0 Å². The fourth-order valence-electron chi connectivity index (χ4n) is 7.28. The van der Waals surface area contributed by atoms with E-state index < -0.39 is 11.5 Å². The number of aromatic amines is 1. The maximum atomic E-state index is 14.1. The Morgan fingerprint density at radius 2 is 1.90 bits per heavy atom. The number of aryl methyl sites for hydroxylation is 1. The van der Waals surface area contributed by atoms with Crippen LogP contribution in [0.2, 0.25) is 5.02 Å². The summed E-state index contributed by atoms with van der Waals surface area (Å²) >= 11 is 6.83. The fraction of sp³-hybridized carbons (Fsp3) is 0.432. The van der Waals surface area contributed by atoms with Gasteiger partial charge in [-0.15, -0.1) is 0 Å². The van der Waals surface area contributed by atoms with E-state index in [2.05, 4.69) is 33.0 Å². The van der Waals surface area contributed by atoms with Crippen LogP contribution in [0.4, 0.5) is 0 Å². The number of carbonyl (C=O) groups is 3. The van der Waals surface area contributed by atoms with Crippen molar-refractivity contribution >= 4 is 40.4 Å². The van der Waals surface area contributed by atoms with Crippen molar-refractivity contribution in [2.45, 2.75) is 69.7 Å². The number of ether oxygens (including phenoxy) is 1. The van der Waals surface area contributed by atoms with Gasteiger partial charge in [-0.1, -0.05) is 42.8 Å². The fourth-order valence-corrected chi connectivity index (χ4v) is 7.54. The molecule has 1 saturated heterocycles. The molecule has 2 saturated carbocycles. The van der Waals surface area contributed by atoms with Gasteiger partial charge in [0.05, 0.1) is 29.1 Å². The lowest BCUT2D eigenvalue weighted by atomic mass is 9.78. The number of amides is 3. The minimum Gasteiger partial charge on any atom is -0.380 e. The van der Waals surface area contributed by atoms with Crippen LogP contribution in [-0.4, -0.2) is 57.2 Å². The van der Waals surface area contributed by atoms with Crippen LogP contribution in [0.25, 0.3) is 11.0 Å². The number of benzene rings is 2. The number of aromatic nitrogens is 4. The number of rotatable bonds is 11. The van der Waals surface area contributed by atoms with Crippen LogP contribution in [0, 0.1) is 5.41 Å². The average molecular weight is 684 g/mol. The quantitative estimate of drug-likeness (QED) is 0.157. The zero-order valence-corrected chi connectivity index (χ0v) is 28.8. The highest BCUT2D eigenvalue weighted by atomic mass is 35.5. The van der Waals surface area contributed by atoms with Gasteiger partial charge in [-0.3, -0.25) is 19.1 Å². The maximum Gasteiger partial charge on any atom is 0.270 e. The molecule has 3 fully saturated rings. The van der Waals surface area contributed by atoms with E-state index in [0.29, 0.717) is 47.3 Å². The summed E-state index contributed by atoms with van der Waals surface area (Å²) in [6.07, 6.45) is 6.63. The molecule has 0 spiro atoms. The van der Waals surface area contributed by atoms with Crippen molar-refractivity contribution in [1.82, 2.24) is 35.7 Å². The summed E-state index contributed by atoms with van der Waals surface area (Å²) in [5.41, 5.74) is 3.81. The number of nitrogens with one attached hydrogen (secondary N) is 4. The zero-order chi connectivity index (χ0) is 34.3. The Balaban J connectivity index is 1.27. The van der Waals surface area contributed by atoms with Crippen molar-refractivity contribution in [2.24, 2.45) is 12.5 Å². The zero-order valence-electron chi connectivity index (χ0n) is 28.1. The van der Waals surface area contributed by atoms with E-state index in [0.717, 1.165) is 54.3 Å². The van der Waals surface area contributed by atoms with Crippen molar-refractivity contribution in [2.75, 3.05) is 19.8 Å². The van der Waals surface area contributed by atoms with Crippen LogP contribution in [-0.2, 0) is 26.8 Å². The number of hydrogen-bond donors (Lipinski definition) is 4. The van der Waals surface area contributed by atoms with E-state index in [1.807, 2.05) is 49.4 Å². The predicted molar refractivity (Wildman–Crippen MR) is 186 cm³/mol. The van der Waals surface area contributed by atoms with Crippen molar-refractivity contribution in [3.8, 4) is 0 Å². The molecule has 2 aromatic heterocycles. The summed E-state index contributed by atoms with van der Waals surface area (Å²) < 4.78 is 7.38. The first-order valence-electron chi connectivity index (χ1n) is 17.1. The molecule has 1 aliphatic heterocycles. The first kappa shape index (κ1) is 33.0. The van der Waals surface area contributed by atoms with E-state index in [4.69, 9.17) is 21.3 Å². The number of allylic oxidation sites excluding steroid dienone is 1. The third-order valence-corrected chi connectivity index (χ3v) is 11.0. The Kier molecular flexibility index (Phi) is 8.83. The summed E-state index contributed by atoms with van der Waals surface area (Å²) in [6.45, 7) is 5.17. The van der Waals surface area contributed by atoms with Crippen molar-refractivity contribution in [1.29, 1.82) is 0 Å². The van der Waals surface area contributed by atoms with Crippen LogP contribution in [0.3, 0.4) is 0 Å². The molecule has 3 amide bonds. The van der Waals surface area contributed by atoms with Crippen molar-refractivity contribution in [3.05, 3.63) is 93.7 Å². The molecule has 2 aliphatic carbocycles. The molecule has 12 heteroatoms.